The maximum absolute atomic E-state index is 12.7. The molecule has 1 fully saturated rings. The third-order valence-corrected chi connectivity index (χ3v) is 5.93. The zero-order chi connectivity index (χ0) is 16.5. The molecule has 2 rings (SSSR count). The van der Waals surface area contributed by atoms with E-state index in [0.29, 0.717) is 19.4 Å². The van der Waals surface area contributed by atoms with Crippen LogP contribution >= 0.6 is 15.9 Å². The highest BCUT2D eigenvalue weighted by atomic mass is 79.9. The SMILES string of the molecule is CCC1N(C)CCC(=O)C1(Cc1cccc(C)c1Br)C(=O)O. The van der Waals surface area contributed by atoms with E-state index in [1.54, 1.807) is 0 Å². The number of carboxylic acids is 1. The monoisotopic (exact) mass is 367 g/mol. The van der Waals surface area contributed by atoms with Crippen LogP contribution in [-0.4, -0.2) is 41.4 Å². The highest BCUT2D eigenvalue weighted by Crippen LogP contribution is 2.39. The fourth-order valence-corrected chi connectivity index (χ4v) is 3.98. The number of Topliss-reactive ketones (excluding diaryl/α,β-unsaturated/α-hetero) is 1. The number of carbonyl (C=O) groups excluding carboxylic acids is 1. The van der Waals surface area contributed by atoms with E-state index >= 15 is 0 Å². The standard InChI is InChI=1S/C17H22BrNO3/c1-4-13-17(16(21)22,14(20)8-9-19(13)3)10-12-7-5-6-11(2)15(12)18/h5-7,13H,4,8-10H2,1-3H3,(H,21,22). The molecule has 120 valence electrons. The number of hydrogen-bond donors (Lipinski definition) is 1. The predicted molar refractivity (Wildman–Crippen MR) is 89.0 cm³/mol. The van der Waals surface area contributed by atoms with Gasteiger partial charge in [0.1, 0.15) is 5.41 Å². The van der Waals surface area contributed by atoms with Gasteiger partial charge >= 0.3 is 5.97 Å². The molecule has 0 radical (unpaired) electrons. The molecule has 0 spiro atoms. The van der Waals surface area contributed by atoms with Crippen LogP contribution in [0.5, 0.6) is 0 Å². The van der Waals surface area contributed by atoms with Gasteiger partial charge in [-0.25, -0.2) is 0 Å². The number of carbonyl (C=O) groups is 2. The number of aliphatic carboxylic acids is 1. The summed E-state index contributed by atoms with van der Waals surface area (Å²) in [6, 6.07) is 5.49. The molecule has 0 aromatic heterocycles. The van der Waals surface area contributed by atoms with Gasteiger partial charge in [0.15, 0.2) is 5.78 Å². The van der Waals surface area contributed by atoms with Gasteiger partial charge in [-0.05, 0) is 37.9 Å². The summed E-state index contributed by atoms with van der Waals surface area (Å²) in [5.41, 5.74) is 0.560. The van der Waals surface area contributed by atoms with Crippen LogP contribution in [-0.2, 0) is 16.0 Å². The minimum Gasteiger partial charge on any atom is -0.480 e. The molecule has 2 unspecified atom stereocenters. The van der Waals surface area contributed by atoms with Crippen molar-refractivity contribution in [2.75, 3.05) is 13.6 Å². The maximum Gasteiger partial charge on any atom is 0.319 e. The van der Waals surface area contributed by atoms with Crippen LogP contribution in [0.1, 0.15) is 30.9 Å². The summed E-state index contributed by atoms with van der Waals surface area (Å²) in [4.78, 5) is 26.8. The normalized spacial score (nSPS) is 26.2. The Morgan fingerprint density at radius 3 is 2.77 bits per heavy atom. The molecule has 1 aliphatic rings. The molecule has 1 N–H and O–H groups in total. The van der Waals surface area contributed by atoms with Gasteiger partial charge in [-0.3, -0.25) is 9.59 Å². The summed E-state index contributed by atoms with van der Waals surface area (Å²) in [7, 11) is 1.91. The largest absolute Gasteiger partial charge is 0.480 e. The Kier molecular flexibility index (Phi) is 5.07. The number of likely N-dealkylation sites (tertiary alicyclic amines) is 1. The van der Waals surface area contributed by atoms with Crippen molar-refractivity contribution in [2.45, 2.75) is 39.2 Å². The van der Waals surface area contributed by atoms with Gasteiger partial charge in [0, 0.05) is 23.5 Å². The molecule has 0 amide bonds. The van der Waals surface area contributed by atoms with Gasteiger partial charge < -0.3 is 10.0 Å². The molecule has 5 heteroatoms. The number of aryl methyl sites for hydroxylation is 1. The minimum atomic E-state index is -1.36. The minimum absolute atomic E-state index is 0.154. The van der Waals surface area contributed by atoms with Crippen molar-refractivity contribution in [3.05, 3.63) is 33.8 Å². The quantitative estimate of drug-likeness (QED) is 0.830. The lowest BCUT2D eigenvalue weighted by Crippen LogP contribution is -2.60. The molecule has 0 saturated carbocycles. The molecular weight excluding hydrogens is 346 g/mol. The number of carboxylic acid groups (broad SMARTS) is 1. The van der Waals surface area contributed by atoms with Crippen LogP contribution in [0.2, 0.25) is 0 Å². The maximum atomic E-state index is 12.7. The molecule has 1 aromatic rings. The molecule has 1 saturated heterocycles. The number of halogens is 1. The lowest BCUT2D eigenvalue weighted by molar-refractivity contribution is -0.163. The zero-order valence-corrected chi connectivity index (χ0v) is 14.8. The van der Waals surface area contributed by atoms with Crippen molar-refractivity contribution in [1.82, 2.24) is 4.90 Å². The Morgan fingerprint density at radius 1 is 1.50 bits per heavy atom. The van der Waals surface area contributed by atoms with Crippen LogP contribution < -0.4 is 0 Å². The average Bonchev–Trinajstić information content (AvgIpc) is 2.47. The number of piperidine rings is 1. The third kappa shape index (κ3) is 2.72. The number of rotatable bonds is 4. The van der Waals surface area contributed by atoms with Gasteiger partial charge in [0.05, 0.1) is 0 Å². The lowest BCUT2D eigenvalue weighted by Gasteiger charge is -2.45. The van der Waals surface area contributed by atoms with Crippen LogP contribution in [0.4, 0.5) is 0 Å². The zero-order valence-electron chi connectivity index (χ0n) is 13.2. The Bertz CT molecular complexity index is 602. The lowest BCUT2D eigenvalue weighted by atomic mass is 9.67. The summed E-state index contributed by atoms with van der Waals surface area (Å²) in [6.45, 7) is 4.54. The Morgan fingerprint density at radius 2 is 2.18 bits per heavy atom. The second-order valence-electron chi connectivity index (χ2n) is 6.08. The fraction of sp³-hybridized carbons (Fsp3) is 0.529. The van der Waals surface area contributed by atoms with Crippen molar-refractivity contribution in [2.24, 2.45) is 5.41 Å². The highest BCUT2D eigenvalue weighted by molar-refractivity contribution is 9.10. The molecule has 4 nitrogen and oxygen atoms in total. The van der Waals surface area contributed by atoms with E-state index in [-0.39, 0.29) is 18.2 Å². The van der Waals surface area contributed by atoms with Crippen molar-refractivity contribution >= 4 is 27.7 Å². The van der Waals surface area contributed by atoms with Crippen LogP contribution in [0.3, 0.4) is 0 Å². The first-order valence-electron chi connectivity index (χ1n) is 7.55. The van der Waals surface area contributed by atoms with Crippen LogP contribution in [0, 0.1) is 12.3 Å². The average molecular weight is 368 g/mol. The second-order valence-corrected chi connectivity index (χ2v) is 6.87. The topological polar surface area (TPSA) is 57.6 Å². The van der Waals surface area contributed by atoms with E-state index in [1.807, 2.05) is 44.0 Å². The molecule has 1 aliphatic heterocycles. The fourth-order valence-electron chi connectivity index (χ4n) is 3.58. The third-order valence-electron chi connectivity index (χ3n) is 4.80. The van der Waals surface area contributed by atoms with Gasteiger partial charge in [-0.2, -0.15) is 0 Å². The van der Waals surface area contributed by atoms with E-state index in [0.717, 1.165) is 15.6 Å². The van der Waals surface area contributed by atoms with Crippen LogP contribution in [0.25, 0.3) is 0 Å². The van der Waals surface area contributed by atoms with Gasteiger partial charge in [-0.15, -0.1) is 0 Å². The van der Waals surface area contributed by atoms with Gasteiger partial charge in [-0.1, -0.05) is 41.1 Å². The van der Waals surface area contributed by atoms with E-state index < -0.39 is 11.4 Å². The smallest absolute Gasteiger partial charge is 0.319 e. The summed E-state index contributed by atoms with van der Waals surface area (Å²) < 4.78 is 0.895. The summed E-state index contributed by atoms with van der Waals surface area (Å²) >= 11 is 3.54. The number of benzene rings is 1. The first-order valence-corrected chi connectivity index (χ1v) is 8.34. The Labute approximate surface area is 139 Å². The second kappa shape index (κ2) is 6.50. The van der Waals surface area contributed by atoms with E-state index in [9.17, 15) is 14.7 Å². The summed E-state index contributed by atoms with van der Waals surface area (Å²) in [5, 5.41) is 9.94. The van der Waals surface area contributed by atoms with Crippen LogP contribution in [0.15, 0.2) is 22.7 Å². The van der Waals surface area contributed by atoms with Gasteiger partial charge in [0.2, 0.25) is 0 Å². The first kappa shape index (κ1) is 17.2. The van der Waals surface area contributed by atoms with Gasteiger partial charge in [0.25, 0.3) is 0 Å². The van der Waals surface area contributed by atoms with Crippen molar-refractivity contribution in [1.29, 1.82) is 0 Å². The summed E-state index contributed by atoms with van der Waals surface area (Å²) in [6.07, 6.45) is 1.16. The number of hydrogen-bond acceptors (Lipinski definition) is 3. The number of nitrogens with zero attached hydrogens (tertiary/aromatic N) is 1. The summed E-state index contributed by atoms with van der Waals surface area (Å²) in [5.74, 6) is -1.16. The predicted octanol–water partition coefficient (Wildman–Crippen LogP) is 3.05. The molecule has 1 heterocycles. The van der Waals surface area contributed by atoms with Crippen molar-refractivity contribution < 1.29 is 14.7 Å². The molecule has 0 aliphatic carbocycles. The van der Waals surface area contributed by atoms with E-state index in [1.165, 1.54) is 0 Å². The Hall–Kier alpha value is -1.20. The molecular formula is C17H22BrNO3. The van der Waals surface area contributed by atoms with Crippen molar-refractivity contribution in [3.8, 4) is 0 Å². The van der Waals surface area contributed by atoms with Crippen molar-refractivity contribution in [3.63, 3.8) is 0 Å². The Balaban J connectivity index is 2.53. The first-order chi connectivity index (χ1) is 10.3. The molecule has 1 aromatic carbocycles. The molecule has 0 bridgehead atoms. The highest BCUT2D eigenvalue weighted by Gasteiger charge is 2.54. The number of ketones is 1. The van der Waals surface area contributed by atoms with E-state index in [4.69, 9.17) is 0 Å². The van der Waals surface area contributed by atoms with E-state index in [2.05, 4.69) is 15.9 Å². The molecule has 2 atom stereocenters. The molecule has 22 heavy (non-hydrogen) atoms.